The fourth-order valence-corrected chi connectivity index (χ4v) is 3.91. The van der Waals surface area contributed by atoms with Gasteiger partial charge < -0.3 is 4.74 Å². The molecule has 0 bridgehead atoms. The normalized spacial score (nSPS) is 19.7. The largest absolute Gasteiger partial charge is 0.456 e. The number of aryl methyl sites for hydroxylation is 1. The molecule has 0 aliphatic carbocycles. The van der Waals surface area contributed by atoms with Crippen LogP contribution in [0.25, 0.3) is 0 Å². The zero-order chi connectivity index (χ0) is 18.4. The van der Waals surface area contributed by atoms with Crippen LogP contribution in [0.3, 0.4) is 0 Å². The van der Waals surface area contributed by atoms with Crippen LogP contribution >= 0.6 is 11.6 Å². The van der Waals surface area contributed by atoms with E-state index in [9.17, 15) is 14.0 Å². The first kappa shape index (κ1) is 16.8. The average molecular weight is 372 g/mol. The second kappa shape index (κ2) is 6.25. The summed E-state index contributed by atoms with van der Waals surface area (Å²) >= 11 is 6.18. The third-order valence-electron chi connectivity index (χ3n) is 4.73. The highest BCUT2D eigenvalue weighted by Gasteiger charge is 2.44. The molecule has 2 aliphatic rings. The fourth-order valence-electron chi connectivity index (χ4n) is 3.61. The van der Waals surface area contributed by atoms with Gasteiger partial charge in [-0.25, -0.2) is 9.18 Å². The van der Waals surface area contributed by atoms with E-state index in [0.717, 1.165) is 5.56 Å². The number of amides is 1. The Morgan fingerprint density at radius 2 is 1.96 bits per heavy atom. The van der Waals surface area contributed by atoms with Crippen molar-refractivity contribution in [1.82, 2.24) is 0 Å². The van der Waals surface area contributed by atoms with E-state index in [1.807, 2.05) is 25.1 Å². The van der Waals surface area contributed by atoms with Crippen molar-refractivity contribution in [3.05, 3.63) is 75.7 Å². The van der Waals surface area contributed by atoms with Gasteiger partial charge in [-0.1, -0.05) is 29.8 Å². The van der Waals surface area contributed by atoms with Gasteiger partial charge in [-0.05, 0) is 36.8 Å². The van der Waals surface area contributed by atoms with Gasteiger partial charge in [0.05, 0.1) is 11.3 Å². The van der Waals surface area contributed by atoms with Gasteiger partial charge in [0.15, 0.2) is 0 Å². The zero-order valence-corrected chi connectivity index (χ0v) is 14.7. The van der Waals surface area contributed by atoms with Crippen LogP contribution in [-0.4, -0.2) is 18.5 Å². The van der Waals surface area contributed by atoms with Crippen molar-refractivity contribution in [2.45, 2.75) is 19.3 Å². The van der Waals surface area contributed by atoms with Gasteiger partial charge in [-0.2, -0.15) is 0 Å². The third kappa shape index (κ3) is 2.59. The number of rotatable bonds is 2. The molecule has 0 saturated carbocycles. The van der Waals surface area contributed by atoms with Crippen molar-refractivity contribution < 1.29 is 18.7 Å². The molecule has 26 heavy (non-hydrogen) atoms. The van der Waals surface area contributed by atoms with Gasteiger partial charge in [-0.15, -0.1) is 0 Å². The van der Waals surface area contributed by atoms with Gasteiger partial charge in [-0.3, -0.25) is 9.69 Å². The standard InChI is InChI=1S/C20H15ClFNO3/c1-11-4-2-5-12(8-11)23-16-10-26-20(25)19(16)13(9-17(23)24)18-14(21)6-3-7-15(18)22/h2-8,13H,9-10H2,1H3. The first-order valence-electron chi connectivity index (χ1n) is 8.21. The maximum Gasteiger partial charge on any atom is 0.336 e. The number of carbonyl (C=O) groups is 2. The lowest BCUT2D eigenvalue weighted by Gasteiger charge is -2.32. The molecule has 4 rings (SSSR count). The first-order chi connectivity index (χ1) is 12.5. The van der Waals surface area contributed by atoms with Gasteiger partial charge in [0.2, 0.25) is 5.91 Å². The van der Waals surface area contributed by atoms with Crippen molar-refractivity contribution >= 4 is 29.2 Å². The number of ether oxygens (including phenoxy) is 1. The molecule has 1 amide bonds. The molecule has 2 aromatic carbocycles. The van der Waals surface area contributed by atoms with Crippen LogP contribution in [0.4, 0.5) is 10.1 Å². The molecule has 0 fully saturated rings. The Balaban J connectivity index is 1.89. The third-order valence-corrected chi connectivity index (χ3v) is 5.05. The molecular weight excluding hydrogens is 357 g/mol. The molecule has 2 aromatic rings. The van der Waals surface area contributed by atoms with E-state index in [4.69, 9.17) is 16.3 Å². The van der Waals surface area contributed by atoms with E-state index < -0.39 is 17.7 Å². The Labute approximate surface area is 154 Å². The molecule has 0 aromatic heterocycles. The summed E-state index contributed by atoms with van der Waals surface area (Å²) in [4.78, 5) is 26.8. The molecule has 0 N–H and O–H groups in total. The van der Waals surface area contributed by atoms with Crippen LogP contribution in [0.1, 0.15) is 23.5 Å². The van der Waals surface area contributed by atoms with Crippen LogP contribution in [0.2, 0.25) is 5.02 Å². The summed E-state index contributed by atoms with van der Waals surface area (Å²) in [5.41, 5.74) is 2.58. The quantitative estimate of drug-likeness (QED) is 0.746. The summed E-state index contributed by atoms with van der Waals surface area (Å²) in [6, 6.07) is 11.8. The molecule has 2 aliphatic heterocycles. The first-order valence-corrected chi connectivity index (χ1v) is 8.59. The molecule has 1 unspecified atom stereocenters. The SMILES string of the molecule is Cc1cccc(N2C(=O)CC(c3c(F)cccc3Cl)C3=C2COC3=O)c1. The lowest BCUT2D eigenvalue weighted by atomic mass is 9.83. The Bertz CT molecular complexity index is 949. The predicted octanol–water partition coefficient (Wildman–Crippen LogP) is 4.12. The van der Waals surface area contributed by atoms with E-state index in [-0.39, 0.29) is 29.5 Å². The second-order valence-electron chi connectivity index (χ2n) is 6.40. The Kier molecular flexibility index (Phi) is 4.04. The summed E-state index contributed by atoms with van der Waals surface area (Å²) in [6.07, 6.45) is -0.0530. The number of cyclic esters (lactones) is 1. The van der Waals surface area contributed by atoms with Gasteiger partial charge in [0.1, 0.15) is 12.4 Å². The Morgan fingerprint density at radius 3 is 2.69 bits per heavy atom. The van der Waals surface area contributed by atoms with E-state index in [1.54, 1.807) is 12.1 Å². The number of benzene rings is 2. The lowest BCUT2D eigenvalue weighted by Crippen LogP contribution is -2.37. The number of carbonyl (C=O) groups excluding carboxylic acids is 2. The maximum absolute atomic E-state index is 14.4. The zero-order valence-electron chi connectivity index (χ0n) is 14.0. The number of hydrogen-bond donors (Lipinski definition) is 0. The highest BCUT2D eigenvalue weighted by Crippen LogP contribution is 2.44. The van der Waals surface area contributed by atoms with Gasteiger partial charge in [0, 0.05) is 28.6 Å². The molecule has 132 valence electrons. The highest BCUT2D eigenvalue weighted by molar-refractivity contribution is 6.31. The maximum atomic E-state index is 14.4. The van der Waals surface area contributed by atoms with Crippen LogP contribution in [-0.2, 0) is 14.3 Å². The molecule has 0 saturated heterocycles. The summed E-state index contributed by atoms with van der Waals surface area (Å²) in [6.45, 7) is 1.90. The minimum atomic E-state index is -0.748. The van der Waals surface area contributed by atoms with Crippen LogP contribution in [0.5, 0.6) is 0 Å². The minimum Gasteiger partial charge on any atom is -0.456 e. The molecule has 4 nitrogen and oxygen atoms in total. The van der Waals surface area contributed by atoms with E-state index in [1.165, 1.54) is 17.0 Å². The lowest BCUT2D eigenvalue weighted by molar-refractivity contribution is -0.136. The van der Waals surface area contributed by atoms with Gasteiger partial charge in [0.25, 0.3) is 0 Å². The summed E-state index contributed by atoms with van der Waals surface area (Å²) in [5.74, 6) is -2.04. The monoisotopic (exact) mass is 371 g/mol. The number of anilines is 1. The number of hydrogen-bond acceptors (Lipinski definition) is 3. The molecule has 1 atom stereocenters. The van der Waals surface area contributed by atoms with Crippen molar-refractivity contribution in [3.8, 4) is 0 Å². The van der Waals surface area contributed by atoms with Crippen LogP contribution in [0, 0.1) is 12.7 Å². The van der Waals surface area contributed by atoms with Crippen molar-refractivity contribution in [2.24, 2.45) is 0 Å². The van der Waals surface area contributed by atoms with Gasteiger partial charge >= 0.3 is 5.97 Å². The number of nitrogens with zero attached hydrogens (tertiary/aromatic N) is 1. The Morgan fingerprint density at radius 1 is 1.19 bits per heavy atom. The molecule has 0 radical (unpaired) electrons. The minimum absolute atomic E-state index is 0.0174. The topological polar surface area (TPSA) is 46.6 Å². The Hall–Kier alpha value is -2.66. The summed E-state index contributed by atoms with van der Waals surface area (Å²) < 4.78 is 19.6. The smallest absolute Gasteiger partial charge is 0.336 e. The number of esters is 1. The van der Waals surface area contributed by atoms with Crippen LogP contribution < -0.4 is 4.90 Å². The van der Waals surface area contributed by atoms with Crippen molar-refractivity contribution in [3.63, 3.8) is 0 Å². The second-order valence-corrected chi connectivity index (χ2v) is 6.80. The summed E-state index contributed by atoms with van der Waals surface area (Å²) in [7, 11) is 0. The molecule has 2 heterocycles. The molecular formula is C20H15ClFNO3. The van der Waals surface area contributed by atoms with E-state index in [0.29, 0.717) is 17.0 Å². The predicted molar refractivity (Wildman–Crippen MR) is 95.4 cm³/mol. The number of halogens is 2. The average Bonchev–Trinajstić information content (AvgIpc) is 2.96. The molecule has 0 spiro atoms. The molecule has 6 heteroatoms. The highest BCUT2D eigenvalue weighted by atomic mass is 35.5. The fraction of sp³-hybridized carbons (Fsp3) is 0.200. The van der Waals surface area contributed by atoms with E-state index in [2.05, 4.69) is 0 Å². The van der Waals surface area contributed by atoms with Crippen molar-refractivity contribution in [2.75, 3.05) is 11.5 Å². The van der Waals surface area contributed by atoms with Crippen LogP contribution in [0.15, 0.2) is 53.7 Å². The van der Waals surface area contributed by atoms with E-state index >= 15 is 0 Å². The van der Waals surface area contributed by atoms with Crippen molar-refractivity contribution in [1.29, 1.82) is 0 Å². The summed E-state index contributed by atoms with van der Waals surface area (Å²) in [5, 5.41) is 0.193.